The highest BCUT2D eigenvalue weighted by Gasteiger charge is 2.24. The molecular formula is C23H21FN2O4S. The van der Waals surface area contributed by atoms with Crippen molar-refractivity contribution in [1.29, 1.82) is 0 Å². The van der Waals surface area contributed by atoms with Gasteiger partial charge in [-0.15, -0.1) is 0 Å². The molecule has 160 valence electrons. The summed E-state index contributed by atoms with van der Waals surface area (Å²) >= 11 is 0. The second-order valence-corrected chi connectivity index (χ2v) is 8.97. The Morgan fingerprint density at radius 2 is 1.81 bits per heavy atom. The van der Waals surface area contributed by atoms with Gasteiger partial charge < -0.3 is 10.1 Å². The number of para-hydroxylation sites is 1. The molecule has 1 amide bonds. The number of benzene rings is 3. The maximum absolute atomic E-state index is 13.1. The minimum absolute atomic E-state index is 0.0676. The minimum Gasteiger partial charge on any atom is -0.493 e. The zero-order valence-electron chi connectivity index (χ0n) is 16.8. The fourth-order valence-corrected chi connectivity index (χ4v) is 4.55. The Bertz CT molecular complexity index is 1230. The van der Waals surface area contributed by atoms with E-state index in [1.54, 1.807) is 19.1 Å². The predicted octanol–water partition coefficient (Wildman–Crippen LogP) is 4.19. The van der Waals surface area contributed by atoms with Gasteiger partial charge in [0.25, 0.3) is 15.9 Å². The second-order valence-electron chi connectivity index (χ2n) is 7.29. The van der Waals surface area contributed by atoms with Crippen LogP contribution in [0.25, 0.3) is 0 Å². The molecule has 3 aromatic rings. The summed E-state index contributed by atoms with van der Waals surface area (Å²) in [4.78, 5) is 12.8. The van der Waals surface area contributed by atoms with Crippen LogP contribution < -0.4 is 14.8 Å². The van der Waals surface area contributed by atoms with Gasteiger partial charge >= 0.3 is 0 Å². The van der Waals surface area contributed by atoms with Gasteiger partial charge in [-0.1, -0.05) is 24.3 Å². The summed E-state index contributed by atoms with van der Waals surface area (Å²) in [5.41, 5.74) is 2.17. The van der Waals surface area contributed by atoms with Crippen molar-refractivity contribution in [1.82, 2.24) is 5.32 Å². The lowest BCUT2D eigenvalue weighted by Crippen LogP contribution is -2.32. The second kappa shape index (κ2) is 8.39. The Kier molecular flexibility index (Phi) is 5.65. The maximum atomic E-state index is 13.1. The molecule has 0 saturated carbocycles. The first kappa shape index (κ1) is 20.9. The van der Waals surface area contributed by atoms with Gasteiger partial charge in [-0.05, 0) is 55.0 Å². The van der Waals surface area contributed by atoms with Crippen LogP contribution in [-0.2, 0) is 10.0 Å². The van der Waals surface area contributed by atoms with Crippen LogP contribution in [0, 0.1) is 12.7 Å². The van der Waals surface area contributed by atoms with Gasteiger partial charge in [0.1, 0.15) is 11.6 Å². The van der Waals surface area contributed by atoms with Gasteiger partial charge in [0.15, 0.2) is 0 Å². The van der Waals surface area contributed by atoms with Gasteiger partial charge in [0.05, 0.1) is 23.2 Å². The third-order valence-corrected chi connectivity index (χ3v) is 6.51. The third kappa shape index (κ3) is 4.54. The zero-order chi connectivity index (χ0) is 22.0. The number of ether oxygens (including phenoxy) is 1. The number of amides is 1. The van der Waals surface area contributed by atoms with Crippen molar-refractivity contribution < 1.29 is 22.3 Å². The van der Waals surface area contributed by atoms with Crippen LogP contribution in [0.15, 0.2) is 71.6 Å². The highest BCUT2D eigenvalue weighted by molar-refractivity contribution is 7.92. The Morgan fingerprint density at radius 1 is 1.06 bits per heavy atom. The van der Waals surface area contributed by atoms with Gasteiger partial charge in [-0.3, -0.25) is 9.52 Å². The summed E-state index contributed by atoms with van der Waals surface area (Å²) in [6, 6.07) is 16.7. The van der Waals surface area contributed by atoms with Gasteiger partial charge in [0, 0.05) is 17.5 Å². The molecule has 2 N–H and O–H groups in total. The lowest BCUT2D eigenvalue weighted by Gasteiger charge is -2.26. The van der Waals surface area contributed by atoms with Crippen molar-refractivity contribution in [2.75, 3.05) is 11.3 Å². The van der Waals surface area contributed by atoms with E-state index < -0.39 is 15.8 Å². The molecule has 8 heteroatoms. The number of hydrogen-bond donors (Lipinski definition) is 2. The van der Waals surface area contributed by atoms with Gasteiger partial charge in [-0.2, -0.15) is 0 Å². The summed E-state index contributed by atoms with van der Waals surface area (Å²) in [5.74, 6) is -0.0943. The fraction of sp³-hybridized carbons (Fsp3) is 0.174. The molecule has 0 spiro atoms. The van der Waals surface area contributed by atoms with Crippen molar-refractivity contribution in [3.05, 3.63) is 89.2 Å². The van der Waals surface area contributed by atoms with Crippen LogP contribution in [0.5, 0.6) is 5.75 Å². The van der Waals surface area contributed by atoms with Crippen LogP contribution >= 0.6 is 0 Å². The molecule has 1 atom stereocenters. The normalized spacial score (nSPS) is 15.5. The molecule has 1 heterocycles. The van der Waals surface area contributed by atoms with Crippen molar-refractivity contribution in [3.63, 3.8) is 0 Å². The van der Waals surface area contributed by atoms with Crippen molar-refractivity contribution >= 4 is 21.6 Å². The SMILES string of the molecule is Cc1ccc(C(=O)NC2CCOc3ccccc32)cc1NS(=O)(=O)c1ccc(F)cc1. The van der Waals surface area contributed by atoms with Crippen LogP contribution in [0.4, 0.5) is 10.1 Å². The number of anilines is 1. The topological polar surface area (TPSA) is 84.5 Å². The minimum atomic E-state index is -3.93. The predicted molar refractivity (Wildman–Crippen MR) is 115 cm³/mol. The first-order valence-corrected chi connectivity index (χ1v) is 11.2. The molecule has 1 unspecified atom stereocenters. The summed E-state index contributed by atoms with van der Waals surface area (Å²) in [5, 5.41) is 3.00. The standard InChI is InChI=1S/C23H21FN2O4S/c1-15-6-7-16(14-21(15)26-31(28,29)18-10-8-17(24)9-11-18)23(27)25-20-12-13-30-22-5-3-2-4-19(20)22/h2-11,14,20,26H,12-13H2,1H3,(H,25,27). The van der Waals surface area contributed by atoms with E-state index >= 15 is 0 Å². The van der Waals surface area contributed by atoms with Crippen LogP contribution in [0.1, 0.15) is 33.9 Å². The van der Waals surface area contributed by atoms with E-state index in [9.17, 15) is 17.6 Å². The highest BCUT2D eigenvalue weighted by Crippen LogP contribution is 2.32. The number of carbonyl (C=O) groups is 1. The van der Waals surface area contributed by atoms with Crippen molar-refractivity contribution in [2.24, 2.45) is 0 Å². The molecule has 0 aliphatic carbocycles. The van der Waals surface area contributed by atoms with Gasteiger partial charge in [0.2, 0.25) is 0 Å². The zero-order valence-corrected chi connectivity index (χ0v) is 17.6. The van der Waals surface area contributed by atoms with Crippen LogP contribution in [0.3, 0.4) is 0 Å². The molecule has 0 radical (unpaired) electrons. The molecule has 1 aliphatic heterocycles. The molecule has 4 rings (SSSR count). The van der Waals surface area contributed by atoms with E-state index in [1.165, 1.54) is 18.2 Å². The third-order valence-electron chi connectivity index (χ3n) is 5.13. The Balaban J connectivity index is 1.55. The average Bonchev–Trinajstić information content (AvgIpc) is 2.75. The number of fused-ring (bicyclic) bond motifs is 1. The largest absolute Gasteiger partial charge is 0.493 e. The summed E-state index contributed by atoms with van der Waals surface area (Å²) in [7, 11) is -3.93. The summed E-state index contributed by atoms with van der Waals surface area (Å²) < 4.78 is 46.5. The highest BCUT2D eigenvalue weighted by atomic mass is 32.2. The molecule has 3 aromatic carbocycles. The lowest BCUT2D eigenvalue weighted by molar-refractivity contribution is 0.0925. The molecule has 0 bridgehead atoms. The van der Waals surface area contributed by atoms with E-state index in [4.69, 9.17) is 4.74 Å². The van der Waals surface area contributed by atoms with E-state index in [2.05, 4.69) is 10.0 Å². The summed E-state index contributed by atoms with van der Waals surface area (Å²) in [6.07, 6.45) is 0.638. The number of aryl methyl sites for hydroxylation is 1. The molecule has 0 fully saturated rings. The van der Waals surface area contributed by atoms with Crippen molar-refractivity contribution in [3.8, 4) is 5.75 Å². The Labute approximate surface area is 180 Å². The lowest BCUT2D eigenvalue weighted by atomic mass is 10.00. The van der Waals surface area contributed by atoms with Crippen LogP contribution in [0.2, 0.25) is 0 Å². The molecule has 0 aromatic heterocycles. The number of hydrogen-bond acceptors (Lipinski definition) is 4. The summed E-state index contributed by atoms with van der Waals surface area (Å²) in [6.45, 7) is 2.23. The first-order valence-electron chi connectivity index (χ1n) is 9.75. The van der Waals surface area contributed by atoms with E-state index in [0.29, 0.717) is 24.2 Å². The Hall–Kier alpha value is -3.39. The molecule has 0 saturated heterocycles. The number of halogens is 1. The molecular weight excluding hydrogens is 419 g/mol. The number of rotatable bonds is 5. The van der Waals surface area contributed by atoms with Gasteiger partial charge in [-0.25, -0.2) is 12.8 Å². The molecule has 1 aliphatic rings. The monoisotopic (exact) mass is 440 g/mol. The van der Waals surface area contributed by atoms with E-state index in [1.807, 2.05) is 24.3 Å². The quantitative estimate of drug-likeness (QED) is 0.623. The van der Waals surface area contributed by atoms with E-state index in [-0.39, 0.29) is 22.5 Å². The number of carbonyl (C=O) groups excluding carboxylic acids is 1. The van der Waals surface area contributed by atoms with Crippen LogP contribution in [-0.4, -0.2) is 20.9 Å². The number of sulfonamides is 1. The first-order chi connectivity index (χ1) is 14.8. The van der Waals surface area contributed by atoms with Crippen molar-refractivity contribution in [2.45, 2.75) is 24.3 Å². The molecule has 31 heavy (non-hydrogen) atoms. The molecule has 6 nitrogen and oxygen atoms in total. The van der Waals surface area contributed by atoms with E-state index in [0.717, 1.165) is 23.4 Å². The average molecular weight is 440 g/mol. The smallest absolute Gasteiger partial charge is 0.261 e. The Morgan fingerprint density at radius 3 is 2.58 bits per heavy atom. The fourth-order valence-electron chi connectivity index (χ4n) is 3.42. The maximum Gasteiger partial charge on any atom is 0.261 e. The number of nitrogens with one attached hydrogen (secondary N) is 2.